The van der Waals surface area contributed by atoms with Gasteiger partial charge in [0, 0.05) is 35.1 Å². The van der Waals surface area contributed by atoms with Crippen LogP contribution in [0.5, 0.6) is 0 Å². The van der Waals surface area contributed by atoms with Crippen molar-refractivity contribution in [3.63, 3.8) is 0 Å². The molecule has 0 radical (unpaired) electrons. The number of rotatable bonds is 12. The molecule has 2 amide bonds. The van der Waals surface area contributed by atoms with Crippen molar-refractivity contribution in [3.05, 3.63) is 120 Å². The smallest absolute Gasteiger partial charge is 0.376 e. The zero-order valence-corrected chi connectivity index (χ0v) is 29.3. The Morgan fingerprint density at radius 2 is 0.979 bits per heavy atom. The molecule has 4 aromatic rings. The summed E-state index contributed by atoms with van der Waals surface area (Å²) in [4.78, 5) is 23.8. The van der Waals surface area contributed by atoms with E-state index in [1.54, 1.807) is 0 Å². The molecule has 0 aliphatic carbocycles. The van der Waals surface area contributed by atoms with Gasteiger partial charge in [-0.05, 0) is 37.1 Å². The quantitative estimate of drug-likeness (QED) is 0.0886. The molecule has 0 spiro atoms. The molecule has 47 heavy (non-hydrogen) atoms. The summed E-state index contributed by atoms with van der Waals surface area (Å²) in [6.07, 6.45) is 6.94. The number of nitrogens with one attached hydrogen (secondary N) is 2. The Morgan fingerprint density at radius 1 is 0.638 bits per heavy atom. The number of halogens is 4. The molecule has 2 unspecified atom stereocenters. The third-order valence-corrected chi connectivity index (χ3v) is 6.89. The van der Waals surface area contributed by atoms with Crippen LogP contribution in [0.1, 0.15) is 79.1 Å². The molecular formula is C38H46F4N2O2Ti. The van der Waals surface area contributed by atoms with E-state index in [-0.39, 0.29) is 56.7 Å². The van der Waals surface area contributed by atoms with Crippen LogP contribution in [0.2, 0.25) is 0 Å². The van der Waals surface area contributed by atoms with E-state index in [4.69, 9.17) is 0 Å². The van der Waals surface area contributed by atoms with Crippen LogP contribution in [0.25, 0.3) is 0 Å². The molecule has 0 saturated heterocycles. The number of carbonyl (C=O) groups is 2. The molecule has 0 bridgehead atoms. The molecule has 0 saturated carbocycles. The molecule has 252 valence electrons. The summed E-state index contributed by atoms with van der Waals surface area (Å²) >= 11 is 0. The Morgan fingerprint density at radius 3 is 1.21 bits per heavy atom. The van der Waals surface area contributed by atoms with Crippen LogP contribution in [0, 0.1) is 47.2 Å². The fourth-order valence-corrected chi connectivity index (χ4v) is 4.13. The minimum atomic E-state index is -0.867. The minimum absolute atomic E-state index is 0. The van der Waals surface area contributed by atoms with E-state index in [0.717, 1.165) is 50.7 Å². The Bertz CT molecular complexity index is 1210. The second-order valence-electron chi connectivity index (χ2n) is 10.5. The van der Waals surface area contributed by atoms with E-state index in [1.807, 2.05) is 86.6 Å². The van der Waals surface area contributed by atoms with Gasteiger partial charge in [-0.2, -0.15) is 36.4 Å². The molecule has 2 atom stereocenters. The molecule has 0 aliphatic heterocycles. The number of unbranched alkanes of at least 4 members (excludes halogenated alkanes) is 2. The van der Waals surface area contributed by atoms with Gasteiger partial charge in [0.2, 0.25) is 11.8 Å². The van der Waals surface area contributed by atoms with Crippen LogP contribution in [-0.2, 0) is 31.3 Å². The fourth-order valence-electron chi connectivity index (χ4n) is 4.13. The van der Waals surface area contributed by atoms with E-state index in [1.165, 1.54) is 12.1 Å². The van der Waals surface area contributed by atoms with Crippen molar-refractivity contribution in [1.82, 2.24) is 0 Å². The number of anilines is 2. The van der Waals surface area contributed by atoms with Gasteiger partial charge in [0.05, 0.1) is 0 Å². The monoisotopic (exact) mass is 686 g/mol. The van der Waals surface area contributed by atoms with Crippen LogP contribution in [-0.4, -0.2) is 11.8 Å². The molecule has 0 fully saturated rings. The second kappa shape index (κ2) is 26.6. The molecule has 2 N–H and O–H groups in total. The van der Waals surface area contributed by atoms with Gasteiger partial charge in [-0.15, -0.1) is 36.4 Å². The van der Waals surface area contributed by atoms with Gasteiger partial charge in [0.1, 0.15) is 0 Å². The first-order valence-electron chi connectivity index (χ1n) is 15.9. The van der Waals surface area contributed by atoms with E-state index in [9.17, 15) is 27.2 Å². The summed E-state index contributed by atoms with van der Waals surface area (Å²) < 4.78 is 52.0. The average molecular weight is 687 g/mol. The third kappa shape index (κ3) is 19.1. The Kier molecular flexibility index (Phi) is 24.6. The van der Waals surface area contributed by atoms with E-state index >= 15 is 0 Å². The number of hydrogen-bond acceptors (Lipinski definition) is 2. The number of hydrogen-bond donors (Lipinski definition) is 2. The molecule has 4 nitrogen and oxygen atoms in total. The Balaban J connectivity index is 0.000000681. The van der Waals surface area contributed by atoms with Crippen molar-refractivity contribution < 1.29 is 48.9 Å². The van der Waals surface area contributed by atoms with Gasteiger partial charge in [-0.25, -0.2) is 41.8 Å². The molecule has 0 heterocycles. The normalized spacial score (nSPS) is 11.1. The van der Waals surface area contributed by atoms with Crippen molar-refractivity contribution in [1.29, 1.82) is 0 Å². The Hall–Kier alpha value is -3.49. The zero-order chi connectivity index (χ0) is 34.2. The fraction of sp³-hybridized carbons (Fsp3) is 0.368. The van der Waals surface area contributed by atoms with Crippen LogP contribution in [0.3, 0.4) is 0 Å². The first kappa shape index (κ1) is 43.5. The third-order valence-electron chi connectivity index (χ3n) is 6.89. The van der Waals surface area contributed by atoms with Crippen LogP contribution in [0.4, 0.5) is 28.9 Å². The SMILES string of the molecule is CCCCC(CC)C(=O)Nc1ccc(F)[c-]c1F.CCCCC(CC)C(=O)Nc1ccc(F)[c-]c1F.[Ti+4].c1cc[cH-]c1.c1cc[cH-]c1. The van der Waals surface area contributed by atoms with Gasteiger partial charge >= 0.3 is 21.7 Å². The first-order valence-corrected chi connectivity index (χ1v) is 15.9. The van der Waals surface area contributed by atoms with Gasteiger partial charge < -0.3 is 10.6 Å². The van der Waals surface area contributed by atoms with Crippen molar-refractivity contribution in [2.75, 3.05) is 10.6 Å². The van der Waals surface area contributed by atoms with Crippen molar-refractivity contribution in [2.45, 2.75) is 79.1 Å². The largest absolute Gasteiger partial charge is 4.00 e. The molecular weight excluding hydrogens is 640 g/mol. The second-order valence-corrected chi connectivity index (χ2v) is 10.5. The van der Waals surface area contributed by atoms with Crippen molar-refractivity contribution in [2.24, 2.45) is 11.8 Å². The van der Waals surface area contributed by atoms with Gasteiger partial charge in [0.15, 0.2) is 0 Å². The number of carbonyl (C=O) groups excluding carboxylic acids is 2. The number of benzene rings is 2. The summed E-state index contributed by atoms with van der Waals surface area (Å²) in [5, 5.41) is 4.97. The molecule has 0 aliphatic rings. The summed E-state index contributed by atoms with van der Waals surface area (Å²) in [5.41, 5.74) is -0.0345. The molecule has 4 aromatic carbocycles. The average Bonchev–Trinajstić information content (AvgIpc) is 3.82. The molecule has 0 aromatic heterocycles. The molecule has 4 rings (SSSR count). The summed E-state index contributed by atoms with van der Waals surface area (Å²) in [6, 6.07) is 28.4. The Labute approximate surface area is 293 Å². The maximum absolute atomic E-state index is 13.3. The van der Waals surface area contributed by atoms with Gasteiger partial charge in [-0.3, -0.25) is 9.59 Å². The van der Waals surface area contributed by atoms with Crippen LogP contribution >= 0.6 is 0 Å². The maximum atomic E-state index is 13.3. The standard InChI is InChI=1S/2C14H18F2NO.2C5H5.Ti/c2*1-3-5-6-10(4-2)14(18)17-13-8-7-11(15)9-12(13)16;2*1-2-4-5-3-1;/h2*7-8,10H,3-6H2,1-2H3,(H,17,18);2*1-5H;/q4*-1;+4. The van der Waals surface area contributed by atoms with E-state index in [0.29, 0.717) is 12.8 Å². The van der Waals surface area contributed by atoms with E-state index < -0.39 is 23.3 Å². The van der Waals surface area contributed by atoms with Crippen LogP contribution < -0.4 is 10.6 Å². The number of amides is 2. The topological polar surface area (TPSA) is 58.2 Å². The first-order chi connectivity index (χ1) is 22.2. The molecule has 9 heteroatoms. The van der Waals surface area contributed by atoms with Gasteiger partial charge in [-0.1, -0.05) is 53.4 Å². The predicted molar refractivity (Wildman–Crippen MR) is 178 cm³/mol. The summed E-state index contributed by atoms with van der Waals surface area (Å²) in [6.45, 7) is 7.96. The minimum Gasteiger partial charge on any atom is -0.376 e. The van der Waals surface area contributed by atoms with Crippen molar-refractivity contribution in [3.8, 4) is 0 Å². The van der Waals surface area contributed by atoms with E-state index in [2.05, 4.69) is 24.5 Å². The van der Waals surface area contributed by atoms with Crippen LogP contribution in [0.15, 0.2) is 84.9 Å². The van der Waals surface area contributed by atoms with Gasteiger partial charge in [0.25, 0.3) is 0 Å². The zero-order valence-electron chi connectivity index (χ0n) is 27.7. The summed E-state index contributed by atoms with van der Waals surface area (Å²) in [7, 11) is 0. The maximum Gasteiger partial charge on any atom is 4.00 e. The predicted octanol–water partition coefficient (Wildman–Crippen LogP) is 10.6. The van der Waals surface area contributed by atoms with Crippen molar-refractivity contribution >= 4 is 23.2 Å². The summed E-state index contributed by atoms with van der Waals surface area (Å²) in [5.74, 6) is -3.98.